The van der Waals surface area contributed by atoms with Crippen LogP contribution in [-0.2, 0) is 9.47 Å². The van der Waals surface area contributed by atoms with Gasteiger partial charge in [-0.05, 0) is 64.2 Å². The molecule has 2 saturated carbocycles. The van der Waals surface area contributed by atoms with E-state index in [4.69, 9.17) is 9.47 Å². The Morgan fingerprint density at radius 2 is 1.30 bits per heavy atom. The number of epoxide rings is 2. The Morgan fingerprint density at radius 3 is 1.61 bits per heavy atom. The molecule has 0 amide bonds. The number of halogens is 4. The minimum absolute atomic E-state index is 0.0734. The van der Waals surface area contributed by atoms with E-state index in [-0.39, 0.29) is 12.2 Å². The summed E-state index contributed by atoms with van der Waals surface area (Å²) in [4.78, 5) is 0. The maximum Gasteiger partial charge on any atom is 0.397 e. The molecule has 6 atom stereocenters. The monoisotopic (exact) mass is 336 g/mol. The zero-order valence-corrected chi connectivity index (χ0v) is 13.6. The number of hydrogen-bond acceptors (Lipinski definition) is 2. The van der Waals surface area contributed by atoms with E-state index in [1.807, 2.05) is 13.8 Å². The van der Waals surface area contributed by atoms with Gasteiger partial charge in [0.2, 0.25) is 0 Å². The summed E-state index contributed by atoms with van der Waals surface area (Å²) in [7, 11) is 0. The number of rotatable bonds is 3. The second-order valence-corrected chi connectivity index (χ2v) is 8.47. The summed E-state index contributed by atoms with van der Waals surface area (Å²) in [5.41, 5.74) is -3.18. The highest BCUT2D eigenvalue weighted by atomic mass is 19.4. The molecular weight excluding hydrogens is 312 g/mol. The topological polar surface area (TPSA) is 25.1 Å². The van der Waals surface area contributed by atoms with Crippen LogP contribution < -0.4 is 0 Å². The molecule has 2 saturated heterocycles. The first kappa shape index (κ1) is 16.1. The van der Waals surface area contributed by atoms with Gasteiger partial charge in [-0.3, -0.25) is 4.39 Å². The van der Waals surface area contributed by atoms with E-state index in [2.05, 4.69) is 0 Å². The number of hydrogen-bond donors (Lipinski definition) is 0. The van der Waals surface area contributed by atoms with E-state index < -0.39 is 41.3 Å². The van der Waals surface area contributed by atoms with Gasteiger partial charge in [0.25, 0.3) is 0 Å². The zero-order valence-electron chi connectivity index (χ0n) is 13.6. The Morgan fingerprint density at radius 1 is 0.870 bits per heavy atom. The van der Waals surface area contributed by atoms with Crippen LogP contribution in [0.15, 0.2) is 0 Å². The van der Waals surface area contributed by atoms with Crippen molar-refractivity contribution in [2.45, 2.75) is 82.0 Å². The van der Waals surface area contributed by atoms with Gasteiger partial charge < -0.3 is 9.47 Å². The van der Waals surface area contributed by atoms with E-state index in [0.29, 0.717) is 38.5 Å². The molecule has 2 heterocycles. The van der Waals surface area contributed by atoms with Crippen molar-refractivity contribution in [1.29, 1.82) is 0 Å². The Kier molecular flexibility index (Phi) is 3.24. The molecule has 132 valence electrons. The molecule has 0 aromatic carbocycles. The van der Waals surface area contributed by atoms with Gasteiger partial charge in [0.05, 0.1) is 23.4 Å². The first-order valence-electron chi connectivity index (χ1n) is 8.63. The van der Waals surface area contributed by atoms with E-state index in [9.17, 15) is 17.6 Å². The maximum absolute atomic E-state index is 14.2. The van der Waals surface area contributed by atoms with Gasteiger partial charge in [-0.15, -0.1) is 0 Å². The largest absolute Gasteiger partial charge is 0.397 e. The van der Waals surface area contributed by atoms with Crippen molar-refractivity contribution in [2.24, 2.45) is 17.3 Å². The van der Waals surface area contributed by atoms with Crippen LogP contribution >= 0.6 is 0 Å². The molecule has 0 aromatic rings. The lowest BCUT2D eigenvalue weighted by molar-refractivity contribution is -0.276. The lowest BCUT2D eigenvalue weighted by atomic mass is 9.57. The van der Waals surface area contributed by atoms with Gasteiger partial charge in [-0.2, -0.15) is 13.2 Å². The van der Waals surface area contributed by atoms with Crippen LogP contribution in [0.4, 0.5) is 17.6 Å². The summed E-state index contributed by atoms with van der Waals surface area (Å²) in [5, 5.41) is 0. The van der Waals surface area contributed by atoms with Crippen molar-refractivity contribution in [3.63, 3.8) is 0 Å². The second-order valence-electron chi connectivity index (χ2n) is 8.47. The Labute approximate surface area is 133 Å². The Hall–Kier alpha value is -0.360. The average molecular weight is 336 g/mol. The normalized spacial score (nSPS) is 51.4. The molecule has 0 aromatic heterocycles. The maximum atomic E-state index is 14.2. The molecule has 0 bridgehead atoms. The Bertz CT molecular complexity index is 473. The zero-order chi connectivity index (χ0) is 16.7. The molecule has 0 spiro atoms. The fraction of sp³-hybridized carbons (Fsp3) is 1.00. The van der Waals surface area contributed by atoms with E-state index in [1.165, 1.54) is 0 Å². The molecule has 23 heavy (non-hydrogen) atoms. The third-order valence-electron chi connectivity index (χ3n) is 7.13. The number of ether oxygens (including phenoxy) is 2. The van der Waals surface area contributed by atoms with Crippen molar-refractivity contribution >= 4 is 0 Å². The first-order valence-corrected chi connectivity index (χ1v) is 8.63. The highest BCUT2D eigenvalue weighted by Gasteiger charge is 2.70. The highest BCUT2D eigenvalue weighted by Crippen LogP contribution is 2.64. The van der Waals surface area contributed by atoms with Crippen LogP contribution in [0.2, 0.25) is 0 Å². The van der Waals surface area contributed by atoms with Gasteiger partial charge in [0.1, 0.15) is 12.1 Å². The second kappa shape index (κ2) is 4.63. The minimum atomic E-state index is -4.53. The first-order chi connectivity index (χ1) is 10.6. The van der Waals surface area contributed by atoms with Crippen LogP contribution in [0.5, 0.6) is 0 Å². The summed E-state index contributed by atoms with van der Waals surface area (Å²) >= 11 is 0. The quantitative estimate of drug-likeness (QED) is 0.563. The van der Waals surface area contributed by atoms with Crippen molar-refractivity contribution in [2.75, 3.05) is 6.67 Å². The van der Waals surface area contributed by atoms with Crippen molar-refractivity contribution in [3.8, 4) is 0 Å². The molecule has 0 radical (unpaired) electrons. The van der Waals surface area contributed by atoms with E-state index >= 15 is 0 Å². The summed E-state index contributed by atoms with van der Waals surface area (Å²) < 4.78 is 67.7. The molecule has 4 fully saturated rings. The van der Waals surface area contributed by atoms with Crippen molar-refractivity contribution in [3.05, 3.63) is 0 Å². The molecule has 4 aliphatic rings. The molecule has 6 unspecified atom stereocenters. The Balaban J connectivity index is 1.66. The lowest BCUT2D eigenvalue weighted by Crippen LogP contribution is -2.55. The smallest absolute Gasteiger partial charge is 0.366 e. The molecule has 4 rings (SSSR count). The summed E-state index contributed by atoms with van der Waals surface area (Å²) in [6.45, 7) is 2.41. The fourth-order valence-corrected chi connectivity index (χ4v) is 5.53. The predicted molar refractivity (Wildman–Crippen MR) is 75.7 cm³/mol. The van der Waals surface area contributed by atoms with Crippen LogP contribution in [0.1, 0.15) is 52.4 Å². The average Bonchev–Trinajstić information content (AvgIpc) is 3.30. The standard InChI is InChI=1S/C17H24F4O2/c1-14-7-10(3-5-12(14)22-14)16(9-18,17(19,20)21)11-4-6-13-15(2,8-11)23-13/h10-13H,3-9H2,1-2H3. The third kappa shape index (κ3) is 2.20. The van der Waals surface area contributed by atoms with Crippen LogP contribution in [0.3, 0.4) is 0 Å². The summed E-state index contributed by atoms with van der Waals surface area (Å²) in [6, 6.07) is 0. The van der Waals surface area contributed by atoms with E-state index in [1.54, 1.807) is 0 Å². The SMILES string of the molecule is CC12CC(C(CF)(C3CCC4OC4(C)C3)C(F)(F)F)CCC1O2. The van der Waals surface area contributed by atoms with Crippen molar-refractivity contribution < 1.29 is 27.0 Å². The van der Waals surface area contributed by atoms with Gasteiger partial charge >= 0.3 is 6.18 Å². The van der Waals surface area contributed by atoms with Gasteiger partial charge in [0.15, 0.2) is 0 Å². The number of fused-ring (bicyclic) bond motifs is 2. The molecule has 2 aliphatic carbocycles. The van der Waals surface area contributed by atoms with Crippen molar-refractivity contribution in [1.82, 2.24) is 0 Å². The van der Waals surface area contributed by atoms with E-state index in [0.717, 1.165) is 0 Å². The minimum Gasteiger partial charge on any atom is -0.366 e. The van der Waals surface area contributed by atoms with Gasteiger partial charge in [-0.25, -0.2) is 0 Å². The third-order valence-corrected chi connectivity index (χ3v) is 7.13. The van der Waals surface area contributed by atoms with Crippen LogP contribution in [-0.4, -0.2) is 36.3 Å². The fourth-order valence-electron chi connectivity index (χ4n) is 5.53. The van der Waals surface area contributed by atoms with Gasteiger partial charge in [-0.1, -0.05) is 0 Å². The van der Waals surface area contributed by atoms with Crippen LogP contribution in [0.25, 0.3) is 0 Å². The predicted octanol–water partition coefficient (Wildman–Crippen LogP) is 4.42. The van der Waals surface area contributed by atoms with Crippen LogP contribution in [0, 0.1) is 17.3 Å². The lowest BCUT2D eigenvalue weighted by Gasteiger charge is -2.48. The molecule has 6 heteroatoms. The summed E-state index contributed by atoms with van der Waals surface area (Å²) in [5.74, 6) is -1.39. The molecule has 0 N–H and O–H groups in total. The molecular formula is C17H24F4O2. The molecule has 2 nitrogen and oxygen atoms in total. The summed E-state index contributed by atoms with van der Waals surface area (Å²) in [6.07, 6.45) is -1.72. The van der Waals surface area contributed by atoms with Gasteiger partial charge in [0, 0.05) is 0 Å². The number of alkyl halides is 4. The highest BCUT2D eigenvalue weighted by molar-refractivity contribution is 5.13. The molecule has 2 aliphatic heterocycles.